The minimum atomic E-state index is -3.32. The zero-order valence-electron chi connectivity index (χ0n) is 13.7. The first-order chi connectivity index (χ1) is 11.4. The fourth-order valence-corrected chi connectivity index (χ4v) is 4.48. The van der Waals surface area contributed by atoms with Crippen molar-refractivity contribution in [1.82, 2.24) is 4.31 Å². The summed E-state index contributed by atoms with van der Waals surface area (Å²) in [6.07, 6.45) is 0. The van der Waals surface area contributed by atoms with Gasteiger partial charge in [0, 0.05) is 31.9 Å². The smallest absolute Gasteiger partial charge is 0.218 e. The minimum Gasteiger partial charge on any atom is -0.369 e. The zero-order chi connectivity index (χ0) is 17.2. The molecular weight excluding hydrogens is 327 g/mol. The Labute approximate surface area is 142 Å². The predicted molar refractivity (Wildman–Crippen MR) is 94.0 cm³/mol. The number of anilines is 1. The van der Waals surface area contributed by atoms with Crippen molar-refractivity contribution in [2.45, 2.75) is 12.7 Å². The molecule has 1 saturated heterocycles. The van der Waals surface area contributed by atoms with Crippen LogP contribution in [0.5, 0.6) is 0 Å². The lowest BCUT2D eigenvalue weighted by Gasteiger charge is -2.35. The molecule has 0 bridgehead atoms. The maximum atomic E-state index is 13.0. The summed E-state index contributed by atoms with van der Waals surface area (Å²) in [5, 5.41) is 0. The van der Waals surface area contributed by atoms with Crippen LogP contribution in [0.1, 0.15) is 11.1 Å². The fourth-order valence-electron chi connectivity index (χ4n) is 2.98. The zero-order valence-corrected chi connectivity index (χ0v) is 14.5. The highest BCUT2D eigenvalue weighted by Gasteiger charge is 2.27. The number of aryl methyl sites for hydroxylation is 1. The number of hydrogen-bond donors (Lipinski definition) is 0. The van der Waals surface area contributed by atoms with Gasteiger partial charge in [0.2, 0.25) is 10.0 Å². The van der Waals surface area contributed by atoms with Crippen LogP contribution in [0.4, 0.5) is 10.1 Å². The van der Waals surface area contributed by atoms with Crippen molar-refractivity contribution in [2.75, 3.05) is 31.1 Å². The molecule has 0 atom stereocenters. The van der Waals surface area contributed by atoms with Gasteiger partial charge in [-0.05, 0) is 36.8 Å². The summed E-state index contributed by atoms with van der Waals surface area (Å²) in [6, 6.07) is 13.9. The molecule has 0 aliphatic carbocycles. The number of benzene rings is 2. The summed E-state index contributed by atoms with van der Waals surface area (Å²) >= 11 is 0. The molecule has 1 heterocycles. The standard InChI is InChI=1S/C18H21FN2O2S/c1-15-3-2-4-16(13-15)14-24(22,23)21-11-9-20(10-12-21)18-7-5-17(19)6-8-18/h2-8,13H,9-12,14H2,1H3. The molecule has 4 nitrogen and oxygen atoms in total. The molecule has 1 fully saturated rings. The van der Waals surface area contributed by atoms with E-state index in [4.69, 9.17) is 0 Å². The van der Waals surface area contributed by atoms with E-state index in [1.54, 1.807) is 16.4 Å². The SMILES string of the molecule is Cc1cccc(CS(=O)(=O)N2CCN(c3ccc(F)cc3)CC2)c1. The minimum absolute atomic E-state index is 0.0330. The number of nitrogens with zero attached hydrogens (tertiary/aromatic N) is 2. The Kier molecular flexibility index (Phi) is 4.87. The van der Waals surface area contributed by atoms with Gasteiger partial charge in [0.1, 0.15) is 5.82 Å². The quantitative estimate of drug-likeness (QED) is 0.853. The van der Waals surface area contributed by atoms with Crippen LogP contribution >= 0.6 is 0 Å². The number of halogens is 1. The van der Waals surface area contributed by atoms with Gasteiger partial charge in [0.15, 0.2) is 0 Å². The second-order valence-electron chi connectivity index (χ2n) is 6.11. The van der Waals surface area contributed by atoms with E-state index in [1.807, 2.05) is 31.2 Å². The van der Waals surface area contributed by atoms with Gasteiger partial charge in [0.25, 0.3) is 0 Å². The first kappa shape index (κ1) is 16.9. The van der Waals surface area contributed by atoms with Gasteiger partial charge >= 0.3 is 0 Å². The summed E-state index contributed by atoms with van der Waals surface area (Å²) in [5.74, 6) is -0.233. The van der Waals surface area contributed by atoms with Gasteiger partial charge in [-0.2, -0.15) is 4.31 Å². The Hall–Kier alpha value is -1.92. The average Bonchev–Trinajstić information content (AvgIpc) is 2.55. The van der Waals surface area contributed by atoms with E-state index in [1.165, 1.54) is 12.1 Å². The Morgan fingerprint density at radius 3 is 2.29 bits per heavy atom. The van der Waals surface area contributed by atoms with Crippen molar-refractivity contribution < 1.29 is 12.8 Å². The molecule has 1 aliphatic heterocycles. The molecule has 0 aromatic heterocycles. The lowest BCUT2D eigenvalue weighted by Crippen LogP contribution is -2.49. The van der Waals surface area contributed by atoms with Crippen LogP contribution in [0.3, 0.4) is 0 Å². The number of rotatable bonds is 4. The van der Waals surface area contributed by atoms with Crippen LogP contribution in [0.2, 0.25) is 0 Å². The fraction of sp³-hybridized carbons (Fsp3) is 0.333. The van der Waals surface area contributed by atoms with Gasteiger partial charge < -0.3 is 4.90 Å². The van der Waals surface area contributed by atoms with E-state index in [2.05, 4.69) is 4.90 Å². The van der Waals surface area contributed by atoms with Crippen LogP contribution in [0, 0.1) is 12.7 Å². The topological polar surface area (TPSA) is 40.6 Å². The van der Waals surface area contributed by atoms with Crippen molar-refractivity contribution in [3.8, 4) is 0 Å². The van der Waals surface area contributed by atoms with Gasteiger partial charge in [-0.25, -0.2) is 12.8 Å². The van der Waals surface area contributed by atoms with Crippen LogP contribution < -0.4 is 4.90 Å². The van der Waals surface area contributed by atoms with Gasteiger partial charge in [-0.3, -0.25) is 0 Å². The Bertz CT molecular complexity index is 798. The maximum Gasteiger partial charge on any atom is 0.218 e. The van der Waals surface area contributed by atoms with Crippen molar-refractivity contribution in [1.29, 1.82) is 0 Å². The lowest BCUT2D eigenvalue weighted by molar-refractivity contribution is 0.384. The highest BCUT2D eigenvalue weighted by Crippen LogP contribution is 2.19. The molecule has 0 amide bonds. The van der Waals surface area contributed by atoms with Crippen molar-refractivity contribution in [2.24, 2.45) is 0 Å². The van der Waals surface area contributed by atoms with E-state index in [-0.39, 0.29) is 11.6 Å². The van der Waals surface area contributed by atoms with E-state index >= 15 is 0 Å². The lowest BCUT2D eigenvalue weighted by atomic mass is 10.2. The molecule has 0 radical (unpaired) electrons. The summed E-state index contributed by atoms with van der Waals surface area (Å²) in [4.78, 5) is 2.08. The maximum absolute atomic E-state index is 13.0. The summed E-state index contributed by atoms with van der Waals surface area (Å²) in [7, 11) is -3.32. The third-order valence-corrected chi connectivity index (χ3v) is 6.11. The monoisotopic (exact) mass is 348 g/mol. The average molecular weight is 348 g/mol. The van der Waals surface area contributed by atoms with E-state index in [0.717, 1.165) is 16.8 Å². The van der Waals surface area contributed by atoms with Crippen LogP contribution in [-0.2, 0) is 15.8 Å². The predicted octanol–water partition coefficient (Wildman–Crippen LogP) is 2.79. The Morgan fingerprint density at radius 2 is 1.67 bits per heavy atom. The molecule has 0 N–H and O–H groups in total. The number of hydrogen-bond acceptors (Lipinski definition) is 3. The molecule has 0 saturated carbocycles. The summed E-state index contributed by atoms with van der Waals surface area (Å²) in [6.45, 7) is 4.08. The third kappa shape index (κ3) is 3.94. The van der Waals surface area contributed by atoms with Crippen molar-refractivity contribution in [3.05, 3.63) is 65.5 Å². The number of sulfonamides is 1. The van der Waals surface area contributed by atoms with Crippen LogP contribution in [-0.4, -0.2) is 38.9 Å². The largest absolute Gasteiger partial charge is 0.369 e. The van der Waals surface area contributed by atoms with E-state index in [0.29, 0.717) is 26.2 Å². The number of piperazine rings is 1. The first-order valence-electron chi connectivity index (χ1n) is 7.98. The molecule has 24 heavy (non-hydrogen) atoms. The highest BCUT2D eigenvalue weighted by molar-refractivity contribution is 7.88. The molecule has 0 unspecified atom stereocenters. The van der Waals surface area contributed by atoms with Crippen LogP contribution in [0.25, 0.3) is 0 Å². The molecule has 2 aromatic rings. The second kappa shape index (κ2) is 6.91. The normalized spacial score (nSPS) is 16.3. The van der Waals surface area contributed by atoms with Gasteiger partial charge in [-0.15, -0.1) is 0 Å². The molecule has 2 aromatic carbocycles. The third-order valence-electron chi connectivity index (χ3n) is 4.26. The van der Waals surface area contributed by atoms with Crippen LogP contribution in [0.15, 0.2) is 48.5 Å². The van der Waals surface area contributed by atoms with Gasteiger partial charge in [0.05, 0.1) is 5.75 Å². The first-order valence-corrected chi connectivity index (χ1v) is 9.59. The Balaban J connectivity index is 1.64. The molecule has 0 spiro atoms. The summed E-state index contributed by atoms with van der Waals surface area (Å²) < 4.78 is 39.8. The summed E-state index contributed by atoms with van der Waals surface area (Å²) in [5.41, 5.74) is 2.80. The Morgan fingerprint density at radius 1 is 1.00 bits per heavy atom. The molecule has 6 heteroatoms. The second-order valence-corrected chi connectivity index (χ2v) is 8.08. The highest BCUT2D eigenvalue weighted by atomic mass is 32.2. The molecule has 128 valence electrons. The van der Waals surface area contributed by atoms with Crippen molar-refractivity contribution >= 4 is 15.7 Å². The van der Waals surface area contributed by atoms with E-state index in [9.17, 15) is 12.8 Å². The molecular formula is C18H21FN2O2S. The van der Waals surface area contributed by atoms with Crippen molar-refractivity contribution in [3.63, 3.8) is 0 Å². The molecule has 1 aliphatic rings. The molecule has 3 rings (SSSR count). The van der Waals surface area contributed by atoms with E-state index < -0.39 is 10.0 Å². The van der Waals surface area contributed by atoms with Gasteiger partial charge in [-0.1, -0.05) is 29.8 Å².